The van der Waals surface area contributed by atoms with Gasteiger partial charge >= 0.3 is 0 Å². The van der Waals surface area contributed by atoms with Crippen LogP contribution in [0.2, 0.25) is 0 Å². The molecule has 158 valence electrons. The lowest BCUT2D eigenvalue weighted by molar-refractivity contribution is -0.219. The van der Waals surface area contributed by atoms with Gasteiger partial charge in [-0.1, -0.05) is 0 Å². The summed E-state index contributed by atoms with van der Waals surface area (Å²) in [5.41, 5.74) is 0.782. The summed E-state index contributed by atoms with van der Waals surface area (Å²) in [5.74, 6) is 0.153. The summed E-state index contributed by atoms with van der Waals surface area (Å²) in [6, 6.07) is 2.54. The van der Waals surface area contributed by atoms with Crippen molar-refractivity contribution in [2.75, 3.05) is 6.61 Å². The number of carbonyl (C=O) groups excluding carboxylic acids is 1. The average molecular weight is 423 g/mol. The minimum absolute atomic E-state index is 0.0358. The third-order valence-corrected chi connectivity index (χ3v) is 5.18. The molecule has 0 spiro atoms. The highest BCUT2D eigenvalue weighted by Crippen LogP contribution is 2.31. The molecule has 4 N–H and O–H groups in total. The van der Waals surface area contributed by atoms with E-state index in [1.54, 1.807) is 24.5 Å². The average Bonchev–Trinajstić information content (AvgIpc) is 3.03. The molecule has 1 aliphatic rings. The summed E-state index contributed by atoms with van der Waals surface area (Å²) in [5, 5.41) is 37.6. The molecule has 0 bridgehead atoms. The van der Waals surface area contributed by atoms with Gasteiger partial charge in [0.2, 0.25) is 10.7 Å². The number of rotatable bonds is 5. The third-order valence-electron chi connectivity index (χ3n) is 4.80. The van der Waals surface area contributed by atoms with Crippen LogP contribution in [0.3, 0.4) is 0 Å². The van der Waals surface area contributed by atoms with E-state index in [2.05, 4.69) is 15.4 Å². The first kappa shape index (κ1) is 21.5. The van der Waals surface area contributed by atoms with E-state index in [4.69, 9.17) is 17.0 Å². The van der Waals surface area contributed by atoms with Crippen molar-refractivity contribution in [3.05, 3.63) is 29.3 Å². The van der Waals surface area contributed by atoms with E-state index >= 15 is 0 Å². The molecular weight excluding hydrogens is 398 g/mol. The number of amides is 1. The molecule has 1 aliphatic heterocycles. The van der Waals surface area contributed by atoms with Crippen LogP contribution in [0.1, 0.15) is 33.0 Å². The van der Waals surface area contributed by atoms with E-state index in [1.165, 1.54) is 11.6 Å². The topological polar surface area (TPSA) is 135 Å². The van der Waals surface area contributed by atoms with E-state index in [1.807, 2.05) is 18.4 Å². The number of hydrogen-bond acceptors (Lipinski definition) is 8. The summed E-state index contributed by atoms with van der Waals surface area (Å²) >= 11 is 5.63. The van der Waals surface area contributed by atoms with Crippen LogP contribution in [0.4, 0.5) is 0 Å². The van der Waals surface area contributed by atoms with Crippen molar-refractivity contribution in [2.24, 2.45) is 0 Å². The fourth-order valence-corrected chi connectivity index (χ4v) is 3.86. The van der Waals surface area contributed by atoms with Crippen LogP contribution in [0.15, 0.2) is 24.5 Å². The first-order valence-electron chi connectivity index (χ1n) is 9.27. The Morgan fingerprint density at radius 2 is 1.97 bits per heavy atom. The number of ether oxygens (including phenoxy) is 1. The standard InChI is InChI=1S/C18H25N5O5S/c1-9(2)22-16(11-4-6-19-7-5-11)21-23(18(22)29)17-13(20-10(3)25)15(27)14(26)12(8-24)28-17/h4-7,9,12-15,17,24,26-27H,8H2,1-3H3,(H,20,25)/t12-,13-,14-,15-,17-/m1/s1. The summed E-state index contributed by atoms with van der Waals surface area (Å²) in [6.07, 6.45) is -1.57. The second-order valence-electron chi connectivity index (χ2n) is 7.21. The minimum Gasteiger partial charge on any atom is -0.394 e. The molecular formula is C18H25N5O5S. The van der Waals surface area contributed by atoms with Gasteiger partial charge < -0.3 is 25.4 Å². The number of aliphatic hydroxyl groups excluding tert-OH is 3. The Labute approximate surface area is 172 Å². The fourth-order valence-electron chi connectivity index (χ4n) is 3.42. The Balaban J connectivity index is 2.14. The van der Waals surface area contributed by atoms with E-state index in [9.17, 15) is 20.1 Å². The molecule has 2 aromatic rings. The summed E-state index contributed by atoms with van der Waals surface area (Å²) in [6.45, 7) is 4.68. The van der Waals surface area contributed by atoms with Gasteiger partial charge in [0.25, 0.3) is 0 Å². The Kier molecular flexibility index (Phi) is 6.44. The summed E-state index contributed by atoms with van der Waals surface area (Å²) < 4.78 is 9.34. The van der Waals surface area contributed by atoms with Crippen LogP contribution in [0.5, 0.6) is 0 Å². The maximum atomic E-state index is 11.7. The quantitative estimate of drug-likeness (QED) is 0.500. The van der Waals surface area contributed by atoms with E-state index in [-0.39, 0.29) is 6.04 Å². The number of carbonyl (C=O) groups is 1. The van der Waals surface area contributed by atoms with Gasteiger partial charge in [-0.3, -0.25) is 14.3 Å². The Hall–Kier alpha value is -2.18. The first-order valence-corrected chi connectivity index (χ1v) is 9.68. The van der Waals surface area contributed by atoms with Crippen molar-refractivity contribution >= 4 is 18.1 Å². The zero-order valence-corrected chi connectivity index (χ0v) is 17.2. The summed E-state index contributed by atoms with van der Waals surface area (Å²) in [7, 11) is 0. The molecule has 0 aliphatic carbocycles. The maximum Gasteiger partial charge on any atom is 0.217 e. The predicted molar refractivity (Wildman–Crippen MR) is 105 cm³/mol. The number of nitrogens with one attached hydrogen (secondary N) is 1. The number of aromatic nitrogens is 4. The van der Waals surface area contributed by atoms with Crippen molar-refractivity contribution in [3.63, 3.8) is 0 Å². The van der Waals surface area contributed by atoms with Crippen molar-refractivity contribution in [1.82, 2.24) is 24.6 Å². The highest BCUT2D eigenvalue weighted by atomic mass is 32.1. The SMILES string of the molecule is CC(=O)N[C@@H]1[C@@H](O)[C@H](O)[C@@H](CO)O[C@H]1n1nc(-c2ccncc2)n(C(C)C)c1=S. The van der Waals surface area contributed by atoms with Crippen LogP contribution < -0.4 is 5.32 Å². The second kappa shape index (κ2) is 8.67. The molecule has 10 nitrogen and oxygen atoms in total. The van der Waals surface area contributed by atoms with Gasteiger partial charge in [-0.05, 0) is 38.2 Å². The van der Waals surface area contributed by atoms with Gasteiger partial charge in [0, 0.05) is 30.9 Å². The molecule has 2 aromatic heterocycles. The van der Waals surface area contributed by atoms with Crippen LogP contribution in [-0.4, -0.2) is 71.5 Å². The number of nitrogens with zero attached hydrogens (tertiary/aromatic N) is 4. The van der Waals surface area contributed by atoms with E-state index < -0.39 is 43.1 Å². The fraction of sp³-hybridized carbons (Fsp3) is 0.556. The largest absolute Gasteiger partial charge is 0.394 e. The van der Waals surface area contributed by atoms with Crippen LogP contribution in [0.25, 0.3) is 11.4 Å². The van der Waals surface area contributed by atoms with Crippen LogP contribution in [0, 0.1) is 4.77 Å². The van der Waals surface area contributed by atoms with Gasteiger partial charge in [-0.15, -0.1) is 5.10 Å². The molecule has 29 heavy (non-hydrogen) atoms. The van der Waals surface area contributed by atoms with Crippen molar-refractivity contribution in [1.29, 1.82) is 0 Å². The molecule has 3 rings (SSSR count). The Morgan fingerprint density at radius 1 is 1.31 bits per heavy atom. The number of pyridine rings is 1. The zero-order chi connectivity index (χ0) is 21.3. The van der Waals surface area contributed by atoms with Crippen LogP contribution >= 0.6 is 12.2 Å². The minimum atomic E-state index is -1.38. The smallest absolute Gasteiger partial charge is 0.217 e. The molecule has 0 radical (unpaired) electrons. The number of aliphatic hydroxyl groups is 3. The monoisotopic (exact) mass is 423 g/mol. The Bertz CT molecular complexity index is 915. The Morgan fingerprint density at radius 3 is 2.52 bits per heavy atom. The highest BCUT2D eigenvalue weighted by Gasteiger charge is 2.46. The molecule has 1 fully saturated rings. The van der Waals surface area contributed by atoms with E-state index in [0.29, 0.717) is 10.6 Å². The van der Waals surface area contributed by atoms with Gasteiger partial charge in [-0.2, -0.15) is 0 Å². The summed E-state index contributed by atoms with van der Waals surface area (Å²) in [4.78, 5) is 15.7. The molecule has 0 saturated carbocycles. The highest BCUT2D eigenvalue weighted by molar-refractivity contribution is 7.71. The molecule has 11 heteroatoms. The zero-order valence-electron chi connectivity index (χ0n) is 16.3. The number of hydrogen-bond donors (Lipinski definition) is 4. The lowest BCUT2D eigenvalue weighted by atomic mass is 9.96. The normalized spacial score (nSPS) is 27.2. The van der Waals surface area contributed by atoms with Gasteiger partial charge in [0.1, 0.15) is 24.4 Å². The van der Waals surface area contributed by atoms with Crippen molar-refractivity contribution < 1.29 is 24.9 Å². The molecule has 0 aromatic carbocycles. The lowest BCUT2D eigenvalue weighted by Gasteiger charge is -2.42. The third kappa shape index (κ3) is 4.09. The van der Waals surface area contributed by atoms with Crippen molar-refractivity contribution in [3.8, 4) is 11.4 Å². The van der Waals surface area contributed by atoms with Gasteiger partial charge in [0.15, 0.2) is 12.1 Å². The molecule has 3 heterocycles. The van der Waals surface area contributed by atoms with Crippen LogP contribution in [-0.2, 0) is 9.53 Å². The molecule has 1 saturated heterocycles. The van der Waals surface area contributed by atoms with Crippen molar-refractivity contribution in [2.45, 2.75) is 57.4 Å². The molecule has 1 amide bonds. The van der Waals surface area contributed by atoms with E-state index in [0.717, 1.165) is 5.56 Å². The van der Waals surface area contributed by atoms with Gasteiger partial charge in [0.05, 0.1) is 6.61 Å². The lowest BCUT2D eigenvalue weighted by Crippen LogP contribution is -2.62. The maximum absolute atomic E-state index is 11.7. The molecule has 5 atom stereocenters. The predicted octanol–water partition coefficient (Wildman–Crippen LogP) is 0.173. The van der Waals surface area contributed by atoms with Gasteiger partial charge in [-0.25, -0.2) is 4.68 Å². The second-order valence-corrected chi connectivity index (χ2v) is 7.57. The first-order chi connectivity index (χ1) is 13.8. The molecule has 0 unspecified atom stereocenters.